The van der Waals surface area contributed by atoms with Crippen LogP contribution in [0.5, 0.6) is 0 Å². The average molecular weight is 202 g/mol. The number of carbonyl (C=O) groups excluding carboxylic acids is 1. The first kappa shape index (κ1) is 9.90. The number of rotatable bonds is 2. The number of aromatic nitrogens is 2. The Hall–Kier alpha value is -1.64. The zero-order valence-corrected chi connectivity index (χ0v) is 9.19. The lowest BCUT2D eigenvalue weighted by atomic mass is 10.1. The molecule has 0 unspecified atom stereocenters. The number of ketones is 1. The van der Waals surface area contributed by atoms with E-state index in [0.717, 1.165) is 11.3 Å². The second kappa shape index (κ2) is 3.50. The molecule has 0 fully saturated rings. The van der Waals surface area contributed by atoms with E-state index in [1.165, 1.54) is 0 Å². The van der Waals surface area contributed by atoms with E-state index in [1.807, 2.05) is 49.6 Å². The summed E-state index contributed by atoms with van der Waals surface area (Å²) in [4.78, 5) is 16.3. The Kier molecular flexibility index (Phi) is 2.31. The highest BCUT2D eigenvalue weighted by atomic mass is 16.1. The van der Waals surface area contributed by atoms with Crippen molar-refractivity contribution in [1.29, 1.82) is 0 Å². The van der Waals surface area contributed by atoms with Gasteiger partial charge in [0, 0.05) is 12.1 Å². The van der Waals surface area contributed by atoms with Gasteiger partial charge < -0.3 is 0 Å². The van der Waals surface area contributed by atoms with Crippen molar-refractivity contribution in [2.45, 2.75) is 20.8 Å². The molecule has 0 amide bonds. The topological polar surface area (TPSA) is 34.4 Å². The van der Waals surface area contributed by atoms with Gasteiger partial charge in [0.15, 0.2) is 5.78 Å². The minimum Gasteiger partial charge on any atom is -0.297 e. The number of fused-ring (bicyclic) bond motifs is 1. The minimum absolute atomic E-state index is 0.00352. The van der Waals surface area contributed by atoms with E-state index >= 15 is 0 Å². The van der Waals surface area contributed by atoms with Gasteiger partial charge in [-0.1, -0.05) is 19.9 Å². The zero-order valence-electron chi connectivity index (χ0n) is 9.19. The van der Waals surface area contributed by atoms with E-state index in [-0.39, 0.29) is 11.7 Å². The zero-order chi connectivity index (χ0) is 11.0. The lowest BCUT2D eigenvalue weighted by molar-refractivity contribution is 0.0933. The molecule has 0 bridgehead atoms. The summed E-state index contributed by atoms with van der Waals surface area (Å²) in [5, 5.41) is 0. The lowest BCUT2D eigenvalue weighted by Gasteiger charge is -2.04. The van der Waals surface area contributed by atoms with Crippen LogP contribution in [-0.2, 0) is 0 Å². The van der Waals surface area contributed by atoms with Crippen molar-refractivity contribution in [3.63, 3.8) is 0 Å². The lowest BCUT2D eigenvalue weighted by Crippen LogP contribution is -2.11. The number of aryl methyl sites for hydroxylation is 1. The molecule has 2 aromatic rings. The van der Waals surface area contributed by atoms with E-state index in [1.54, 1.807) is 0 Å². The largest absolute Gasteiger partial charge is 0.297 e. The van der Waals surface area contributed by atoms with Gasteiger partial charge in [-0.2, -0.15) is 0 Å². The first-order chi connectivity index (χ1) is 7.11. The molecule has 0 saturated carbocycles. The van der Waals surface area contributed by atoms with Gasteiger partial charge in [0.2, 0.25) is 0 Å². The van der Waals surface area contributed by atoms with Crippen molar-refractivity contribution in [1.82, 2.24) is 9.38 Å². The van der Waals surface area contributed by atoms with Crippen molar-refractivity contribution in [2.75, 3.05) is 0 Å². The quantitative estimate of drug-likeness (QED) is 0.701. The number of carbonyl (C=O) groups is 1. The Balaban J connectivity index is 2.69. The molecule has 0 saturated heterocycles. The predicted octanol–water partition coefficient (Wildman–Crippen LogP) is 2.48. The molecule has 3 heteroatoms. The van der Waals surface area contributed by atoms with Gasteiger partial charge >= 0.3 is 0 Å². The van der Waals surface area contributed by atoms with Crippen molar-refractivity contribution >= 4 is 11.4 Å². The van der Waals surface area contributed by atoms with Crippen LogP contribution in [-0.4, -0.2) is 15.2 Å². The highest BCUT2D eigenvalue weighted by Crippen LogP contribution is 2.15. The first-order valence-electron chi connectivity index (χ1n) is 5.09. The van der Waals surface area contributed by atoms with Crippen LogP contribution in [0.2, 0.25) is 0 Å². The van der Waals surface area contributed by atoms with Crippen LogP contribution >= 0.6 is 0 Å². The fraction of sp³-hybridized carbons (Fsp3) is 0.333. The molecule has 78 valence electrons. The summed E-state index contributed by atoms with van der Waals surface area (Å²) in [7, 11) is 0. The van der Waals surface area contributed by atoms with Crippen LogP contribution in [0.3, 0.4) is 0 Å². The molecule has 0 aliphatic carbocycles. The van der Waals surface area contributed by atoms with Crippen molar-refractivity contribution in [3.05, 3.63) is 35.8 Å². The van der Waals surface area contributed by atoms with E-state index < -0.39 is 0 Å². The summed E-state index contributed by atoms with van der Waals surface area (Å²) >= 11 is 0. The van der Waals surface area contributed by atoms with E-state index in [9.17, 15) is 4.79 Å². The first-order valence-corrected chi connectivity index (χ1v) is 5.09. The maximum absolute atomic E-state index is 12.0. The summed E-state index contributed by atoms with van der Waals surface area (Å²) in [6.07, 6.45) is 1.88. The Morgan fingerprint density at radius 3 is 2.80 bits per heavy atom. The van der Waals surface area contributed by atoms with Gasteiger partial charge in [-0.05, 0) is 19.1 Å². The van der Waals surface area contributed by atoms with Crippen molar-refractivity contribution < 1.29 is 4.79 Å². The van der Waals surface area contributed by atoms with Gasteiger partial charge in [0.25, 0.3) is 0 Å². The van der Waals surface area contributed by atoms with E-state index in [2.05, 4.69) is 4.98 Å². The van der Waals surface area contributed by atoms with Gasteiger partial charge in [-0.25, -0.2) is 4.98 Å². The van der Waals surface area contributed by atoms with Gasteiger partial charge in [0.05, 0.1) is 5.69 Å². The predicted molar refractivity (Wildman–Crippen MR) is 59.1 cm³/mol. The van der Waals surface area contributed by atoms with Gasteiger partial charge in [0.1, 0.15) is 11.3 Å². The summed E-state index contributed by atoms with van der Waals surface area (Å²) in [5.74, 6) is 0.148. The number of nitrogens with zero attached hydrogens (tertiary/aromatic N) is 2. The fourth-order valence-corrected chi connectivity index (χ4v) is 1.68. The molecule has 15 heavy (non-hydrogen) atoms. The molecule has 2 heterocycles. The Morgan fingerprint density at radius 2 is 2.13 bits per heavy atom. The van der Waals surface area contributed by atoms with Crippen LogP contribution in [0.25, 0.3) is 5.65 Å². The van der Waals surface area contributed by atoms with E-state index in [0.29, 0.717) is 5.69 Å². The molecule has 0 aliphatic rings. The molecule has 0 N–H and O–H groups in total. The van der Waals surface area contributed by atoms with Crippen molar-refractivity contribution in [2.24, 2.45) is 5.92 Å². The van der Waals surface area contributed by atoms with Crippen LogP contribution in [0.15, 0.2) is 24.4 Å². The number of hydrogen-bond donors (Lipinski definition) is 0. The van der Waals surface area contributed by atoms with Crippen LogP contribution in [0.4, 0.5) is 0 Å². The molecule has 0 spiro atoms. The summed E-state index contributed by atoms with van der Waals surface area (Å²) in [5.41, 5.74) is 2.35. The second-order valence-electron chi connectivity index (χ2n) is 3.99. The highest BCUT2D eigenvalue weighted by molar-refractivity contribution is 5.97. The maximum Gasteiger partial charge on any atom is 0.183 e. The molecular weight excluding hydrogens is 188 g/mol. The third kappa shape index (κ3) is 1.54. The standard InChI is InChI=1S/C12H14N2O/c1-8(2)12(15)11-9(3)13-10-6-4-5-7-14(10)11/h4-8H,1-3H3. The third-order valence-electron chi connectivity index (χ3n) is 2.46. The third-order valence-corrected chi connectivity index (χ3v) is 2.46. The summed E-state index contributed by atoms with van der Waals surface area (Å²) in [6, 6.07) is 5.74. The van der Waals surface area contributed by atoms with Crippen molar-refractivity contribution in [3.8, 4) is 0 Å². The molecule has 0 atom stereocenters. The Bertz CT molecular complexity index is 511. The SMILES string of the molecule is Cc1nc2ccccn2c1C(=O)C(C)C. The molecule has 0 aliphatic heterocycles. The smallest absolute Gasteiger partial charge is 0.183 e. The van der Waals surface area contributed by atoms with Gasteiger partial charge in [-0.15, -0.1) is 0 Å². The Morgan fingerprint density at radius 1 is 1.40 bits per heavy atom. The van der Waals surface area contributed by atoms with Crippen LogP contribution in [0, 0.1) is 12.8 Å². The molecular formula is C12H14N2O. The van der Waals surface area contributed by atoms with E-state index in [4.69, 9.17) is 0 Å². The normalized spacial score (nSPS) is 11.2. The van der Waals surface area contributed by atoms with Gasteiger partial charge in [-0.3, -0.25) is 9.20 Å². The number of imidazole rings is 1. The molecule has 2 aromatic heterocycles. The molecule has 0 radical (unpaired) electrons. The minimum atomic E-state index is 0.00352. The average Bonchev–Trinajstić information content (AvgIpc) is 2.52. The van der Waals surface area contributed by atoms with Crippen LogP contribution in [0.1, 0.15) is 30.0 Å². The highest BCUT2D eigenvalue weighted by Gasteiger charge is 2.18. The molecule has 3 nitrogen and oxygen atoms in total. The second-order valence-corrected chi connectivity index (χ2v) is 3.99. The fourth-order valence-electron chi connectivity index (χ4n) is 1.68. The monoisotopic (exact) mass is 202 g/mol. The maximum atomic E-state index is 12.0. The van der Waals surface area contributed by atoms with Crippen LogP contribution < -0.4 is 0 Å². The Labute approximate surface area is 88.8 Å². The number of Topliss-reactive ketones (excluding diaryl/α,β-unsaturated/α-hetero) is 1. The number of pyridine rings is 1. The molecule has 2 rings (SSSR count). The summed E-state index contributed by atoms with van der Waals surface area (Å²) < 4.78 is 1.86. The molecule has 0 aromatic carbocycles. The number of hydrogen-bond acceptors (Lipinski definition) is 2. The summed E-state index contributed by atoms with van der Waals surface area (Å²) in [6.45, 7) is 5.69.